The van der Waals surface area contributed by atoms with E-state index in [1.165, 1.54) is 43.4 Å². The molecule has 0 spiro atoms. The highest BCUT2D eigenvalue weighted by atomic mass is 32.2. The maximum absolute atomic E-state index is 11.5. The van der Waals surface area contributed by atoms with Crippen molar-refractivity contribution in [3.63, 3.8) is 0 Å². The lowest BCUT2D eigenvalue weighted by Crippen LogP contribution is -2.48. The Balaban J connectivity index is 0.000000261. The summed E-state index contributed by atoms with van der Waals surface area (Å²) in [5.74, 6) is 0. The van der Waals surface area contributed by atoms with Crippen molar-refractivity contribution in [2.45, 2.75) is 70.1 Å². The number of hydrogen-bond acceptors (Lipinski definition) is 7. The number of thioether (sulfide) groups is 1. The van der Waals surface area contributed by atoms with Gasteiger partial charge in [0.05, 0.1) is 5.69 Å². The molecule has 190 valence electrons. The fraction of sp³-hybridized carbons (Fsp3) is 0.760. The number of aryl methyl sites for hydroxylation is 1. The van der Waals surface area contributed by atoms with Crippen LogP contribution in [0.4, 0.5) is 4.79 Å². The monoisotopic (exact) mass is 481 g/mol. The van der Waals surface area contributed by atoms with Gasteiger partial charge >= 0.3 is 6.09 Å². The minimum absolute atomic E-state index is 0.200. The summed E-state index contributed by atoms with van der Waals surface area (Å²) in [4.78, 5) is 17.7. The number of amides is 1. The molecule has 1 saturated heterocycles. The van der Waals surface area contributed by atoms with Crippen molar-refractivity contribution in [2.75, 3.05) is 52.6 Å². The van der Waals surface area contributed by atoms with Gasteiger partial charge in [-0.1, -0.05) is 12.5 Å². The molecule has 0 radical (unpaired) electrons. The number of carbonyl (C=O) groups excluding carboxylic acids is 1. The van der Waals surface area contributed by atoms with Crippen LogP contribution in [-0.4, -0.2) is 74.2 Å². The number of rotatable bonds is 5. The van der Waals surface area contributed by atoms with Gasteiger partial charge in [-0.25, -0.2) is 4.79 Å². The summed E-state index contributed by atoms with van der Waals surface area (Å²) in [6, 6.07) is 4.29. The van der Waals surface area contributed by atoms with Gasteiger partial charge in [-0.05, 0) is 90.9 Å². The molecule has 1 amide bonds. The molecule has 1 aromatic heterocycles. The number of pyridine rings is 1. The number of aromatic nitrogens is 1. The molecule has 7 nitrogen and oxygen atoms in total. The molecule has 1 unspecified atom stereocenters. The van der Waals surface area contributed by atoms with E-state index in [2.05, 4.69) is 34.0 Å². The standard InChI is InChI=1S/C11H15NS.C9H18N2O2.C5H14N2/c1-13-10-7-3-2-5-9-6-4-8-12-11(9)10;1-9(2,3)13-8(12)11-6-4-10-5-7-11;1-7-5-3-2-4-6/h4,6,8,10H,2-3,5,7H2,1H3;10H,4-7H2,1-3H3;7H,2-6H2,1H3. The number of piperazine rings is 1. The van der Waals surface area contributed by atoms with E-state index in [0.717, 1.165) is 45.7 Å². The van der Waals surface area contributed by atoms with Gasteiger partial charge in [0.15, 0.2) is 0 Å². The predicted octanol–water partition coefficient (Wildman–Crippen LogP) is 3.98. The molecule has 33 heavy (non-hydrogen) atoms. The Bertz CT molecular complexity index is 644. The van der Waals surface area contributed by atoms with E-state index in [0.29, 0.717) is 5.25 Å². The number of nitrogens with zero attached hydrogens (tertiary/aromatic N) is 2. The lowest BCUT2D eigenvalue weighted by atomic mass is 10.1. The Morgan fingerprint density at radius 3 is 2.64 bits per heavy atom. The summed E-state index contributed by atoms with van der Waals surface area (Å²) in [6.45, 7) is 10.8. The van der Waals surface area contributed by atoms with E-state index in [1.807, 2.05) is 45.8 Å². The Labute approximate surface area is 206 Å². The van der Waals surface area contributed by atoms with Crippen LogP contribution >= 0.6 is 11.8 Å². The molecular formula is C25H47N5O2S. The predicted molar refractivity (Wildman–Crippen MR) is 141 cm³/mol. The number of fused-ring (bicyclic) bond motifs is 1. The third kappa shape index (κ3) is 13.2. The van der Waals surface area contributed by atoms with Crippen molar-refractivity contribution in [3.05, 3.63) is 29.6 Å². The first-order chi connectivity index (χ1) is 15.8. The number of nitrogens with one attached hydrogen (secondary N) is 2. The van der Waals surface area contributed by atoms with E-state index >= 15 is 0 Å². The molecular weight excluding hydrogens is 434 g/mol. The summed E-state index contributed by atoms with van der Waals surface area (Å²) in [5, 5.41) is 6.87. The molecule has 1 atom stereocenters. The third-order valence-corrected chi connectivity index (χ3v) is 6.36. The van der Waals surface area contributed by atoms with E-state index in [1.54, 1.807) is 4.90 Å². The van der Waals surface area contributed by atoms with Crippen LogP contribution in [0, 0.1) is 0 Å². The molecule has 3 rings (SSSR count). The molecule has 8 heteroatoms. The molecule has 2 heterocycles. The maximum atomic E-state index is 11.5. The normalized spacial score (nSPS) is 18.0. The fourth-order valence-electron chi connectivity index (χ4n) is 3.58. The zero-order valence-electron chi connectivity index (χ0n) is 21.5. The van der Waals surface area contributed by atoms with Crippen LogP contribution in [0.1, 0.15) is 69.4 Å². The van der Waals surface area contributed by atoms with Gasteiger partial charge in [0, 0.05) is 37.6 Å². The highest BCUT2D eigenvalue weighted by Gasteiger charge is 2.23. The SMILES string of the molecule is CC(C)(C)OC(=O)N1CCNCC1.CNCCCCN.CSC1CCCCc2cccnc21. The van der Waals surface area contributed by atoms with Gasteiger partial charge < -0.3 is 26.0 Å². The summed E-state index contributed by atoms with van der Waals surface area (Å²) in [6.07, 6.45) is 11.5. The van der Waals surface area contributed by atoms with Crippen LogP contribution in [-0.2, 0) is 11.2 Å². The molecule has 1 aliphatic heterocycles. The van der Waals surface area contributed by atoms with Crippen LogP contribution in [0.2, 0.25) is 0 Å². The molecule has 1 aromatic rings. The van der Waals surface area contributed by atoms with E-state index in [4.69, 9.17) is 10.5 Å². The maximum Gasteiger partial charge on any atom is 0.410 e. The zero-order valence-corrected chi connectivity index (χ0v) is 22.3. The van der Waals surface area contributed by atoms with Gasteiger partial charge in [-0.15, -0.1) is 0 Å². The Morgan fingerprint density at radius 1 is 1.30 bits per heavy atom. The molecule has 1 fully saturated rings. The van der Waals surface area contributed by atoms with E-state index in [9.17, 15) is 4.79 Å². The summed E-state index contributed by atoms with van der Waals surface area (Å²) in [7, 11) is 1.95. The van der Waals surface area contributed by atoms with Gasteiger partial charge in [-0.2, -0.15) is 11.8 Å². The highest BCUT2D eigenvalue weighted by Crippen LogP contribution is 2.35. The second-order valence-electron chi connectivity index (χ2n) is 9.33. The molecule has 2 aliphatic rings. The zero-order chi connectivity index (χ0) is 24.5. The molecule has 0 saturated carbocycles. The number of carbonyl (C=O) groups is 1. The average molecular weight is 482 g/mol. The van der Waals surface area contributed by atoms with Crippen molar-refractivity contribution in [2.24, 2.45) is 5.73 Å². The van der Waals surface area contributed by atoms with Crippen LogP contribution in [0.15, 0.2) is 18.3 Å². The van der Waals surface area contributed by atoms with Crippen molar-refractivity contribution >= 4 is 17.9 Å². The molecule has 4 N–H and O–H groups in total. The lowest BCUT2D eigenvalue weighted by Gasteiger charge is -2.30. The first-order valence-corrected chi connectivity index (χ1v) is 13.6. The number of hydrogen-bond donors (Lipinski definition) is 3. The van der Waals surface area contributed by atoms with Crippen molar-refractivity contribution in [3.8, 4) is 0 Å². The minimum atomic E-state index is -0.387. The number of nitrogens with two attached hydrogens (primary N) is 1. The fourth-order valence-corrected chi connectivity index (χ4v) is 4.42. The largest absolute Gasteiger partial charge is 0.444 e. The van der Waals surface area contributed by atoms with Crippen LogP contribution in [0.25, 0.3) is 0 Å². The van der Waals surface area contributed by atoms with Crippen molar-refractivity contribution < 1.29 is 9.53 Å². The van der Waals surface area contributed by atoms with Gasteiger partial charge in [0.1, 0.15) is 5.60 Å². The Morgan fingerprint density at radius 2 is 2.03 bits per heavy atom. The number of unbranched alkanes of at least 4 members (excludes halogenated alkanes) is 1. The van der Waals surface area contributed by atoms with Crippen LogP contribution < -0.4 is 16.4 Å². The second kappa shape index (κ2) is 17.1. The molecule has 0 bridgehead atoms. The quantitative estimate of drug-likeness (QED) is 0.433. The summed E-state index contributed by atoms with van der Waals surface area (Å²) >= 11 is 1.94. The van der Waals surface area contributed by atoms with Crippen molar-refractivity contribution in [1.29, 1.82) is 0 Å². The first kappa shape index (κ1) is 29.7. The number of ether oxygens (including phenoxy) is 1. The van der Waals surface area contributed by atoms with Crippen LogP contribution in [0.5, 0.6) is 0 Å². The van der Waals surface area contributed by atoms with E-state index in [-0.39, 0.29) is 11.7 Å². The van der Waals surface area contributed by atoms with Gasteiger partial charge in [-0.3, -0.25) is 4.98 Å². The summed E-state index contributed by atoms with van der Waals surface area (Å²) in [5.41, 5.74) is 7.67. The van der Waals surface area contributed by atoms with Gasteiger partial charge in [0.2, 0.25) is 0 Å². The minimum Gasteiger partial charge on any atom is -0.444 e. The topological polar surface area (TPSA) is 92.5 Å². The average Bonchev–Trinajstić information content (AvgIpc) is 3.02. The lowest BCUT2D eigenvalue weighted by molar-refractivity contribution is 0.0229. The second-order valence-corrected chi connectivity index (χ2v) is 10.4. The Kier molecular flexibility index (Phi) is 15.4. The molecule has 0 aromatic carbocycles. The smallest absolute Gasteiger partial charge is 0.410 e. The van der Waals surface area contributed by atoms with Gasteiger partial charge in [0.25, 0.3) is 0 Å². The van der Waals surface area contributed by atoms with Crippen molar-refractivity contribution in [1.82, 2.24) is 20.5 Å². The van der Waals surface area contributed by atoms with Crippen LogP contribution in [0.3, 0.4) is 0 Å². The molecule has 1 aliphatic carbocycles. The Hall–Kier alpha value is -1.35. The first-order valence-electron chi connectivity index (χ1n) is 12.3. The summed E-state index contributed by atoms with van der Waals surface area (Å²) < 4.78 is 5.24. The van der Waals surface area contributed by atoms with E-state index < -0.39 is 0 Å². The third-order valence-electron chi connectivity index (χ3n) is 5.33. The highest BCUT2D eigenvalue weighted by molar-refractivity contribution is 7.98.